The zero-order valence-electron chi connectivity index (χ0n) is 15.1. The van der Waals surface area contributed by atoms with Crippen molar-refractivity contribution in [1.82, 2.24) is 5.32 Å². The lowest BCUT2D eigenvalue weighted by molar-refractivity contribution is -0.909. The van der Waals surface area contributed by atoms with Crippen molar-refractivity contribution >= 4 is 21.4 Å². The number of nitrogens with two attached hydrogens (primary N) is 1. The average Bonchev–Trinajstić information content (AvgIpc) is 3.06. The van der Waals surface area contributed by atoms with Crippen molar-refractivity contribution in [1.29, 1.82) is 0 Å². The molecule has 1 aliphatic rings. The summed E-state index contributed by atoms with van der Waals surface area (Å²) in [6.45, 7) is 6.40. The number of carbonyl (C=O) groups is 1. The van der Waals surface area contributed by atoms with Gasteiger partial charge in [-0.25, -0.2) is 8.42 Å². The van der Waals surface area contributed by atoms with Gasteiger partial charge in [0, 0.05) is 18.9 Å². The van der Waals surface area contributed by atoms with Crippen molar-refractivity contribution in [3.63, 3.8) is 0 Å². The zero-order chi connectivity index (χ0) is 18.6. The molecule has 2 rings (SSSR count). The van der Waals surface area contributed by atoms with Crippen LogP contribution >= 0.6 is 0 Å². The third kappa shape index (κ3) is 4.24. The third-order valence-corrected chi connectivity index (χ3v) is 6.67. The summed E-state index contributed by atoms with van der Waals surface area (Å²) in [5, 5.41) is 2.92. The van der Waals surface area contributed by atoms with Gasteiger partial charge in [0.15, 0.2) is 9.84 Å². The van der Waals surface area contributed by atoms with Crippen molar-refractivity contribution < 1.29 is 22.8 Å². The van der Waals surface area contributed by atoms with Crippen molar-refractivity contribution in [2.75, 3.05) is 38.2 Å². The smallest absolute Gasteiger partial charge is 0.255 e. The molecule has 0 aliphatic carbocycles. The predicted molar refractivity (Wildman–Crippen MR) is 96.9 cm³/mol. The van der Waals surface area contributed by atoms with Crippen LogP contribution in [0.25, 0.3) is 0 Å². The Morgan fingerprint density at radius 2 is 2.12 bits per heavy atom. The number of hydrogen-bond donors (Lipinski definition) is 3. The summed E-state index contributed by atoms with van der Waals surface area (Å²) in [7, 11) is -2.09. The summed E-state index contributed by atoms with van der Waals surface area (Å²) >= 11 is 0. The molecule has 140 valence electrons. The number of rotatable bonds is 7. The molecule has 0 aromatic heterocycles. The monoisotopic (exact) mass is 370 g/mol. The van der Waals surface area contributed by atoms with E-state index >= 15 is 0 Å². The number of benzene rings is 1. The van der Waals surface area contributed by atoms with Crippen molar-refractivity contribution in [3.05, 3.63) is 17.7 Å². The number of nitrogen functional groups attached to an aromatic ring is 1. The molecular weight excluding hydrogens is 342 g/mol. The number of quaternary nitrogens is 1. The topological polar surface area (TPSA) is 103 Å². The molecule has 1 unspecified atom stereocenters. The van der Waals surface area contributed by atoms with Gasteiger partial charge in [0.2, 0.25) is 0 Å². The molecule has 1 fully saturated rings. The standard InChI is InChI=1S/C17H27N3O4S/c1-4-20-8-6-7-12(20)11-19-17(21)13-9-16(25(22,23)5-2)14(18)10-15(13)24-3/h9-10,12H,4-8,11,18H2,1-3H3,(H,19,21)/p+1/t12-/m0/s1. The normalized spacial score (nSPS) is 20.4. The largest absolute Gasteiger partial charge is 0.496 e. The first kappa shape index (κ1) is 19.5. The van der Waals surface area contributed by atoms with Gasteiger partial charge in [-0.1, -0.05) is 6.92 Å². The second-order valence-corrected chi connectivity index (χ2v) is 8.55. The number of hydrogen-bond acceptors (Lipinski definition) is 5. The van der Waals surface area contributed by atoms with Crippen LogP contribution in [0.1, 0.15) is 37.0 Å². The Labute approximate surface area is 149 Å². The van der Waals surface area contributed by atoms with Crippen molar-refractivity contribution in [2.45, 2.75) is 37.6 Å². The molecule has 1 aromatic rings. The molecule has 0 saturated carbocycles. The summed E-state index contributed by atoms with van der Waals surface area (Å²) in [5.74, 6) is -0.149. The van der Waals surface area contributed by atoms with Crippen LogP contribution in [0.5, 0.6) is 5.75 Å². The first-order valence-electron chi connectivity index (χ1n) is 8.67. The molecule has 8 heteroatoms. The van der Waals surface area contributed by atoms with Gasteiger partial charge >= 0.3 is 0 Å². The van der Waals surface area contributed by atoms with Gasteiger partial charge in [0.05, 0.1) is 48.6 Å². The van der Waals surface area contributed by atoms with Gasteiger partial charge in [-0.2, -0.15) is 0 Å². The maximum Gasteiger partial charge on any atom is 0.255 e. The number of ether oxygens (including phenoxy) is 1. The van der Waals surface area contributed by atoms with E-state index in [-0.39, 0.29) is 33.6 Å². The fraction of sp³-hybridized carbons (Fsp3) is 0.588. The average molecular weight is 370 g/mol. The van der Waals surface area contributed by atoms with E-state index < -0.39 is 9.84 Å². The van der Waals surface area contributed by atoms with Crippen LogP contribution in [-0.2, 0) is 9.84 Å². The SMILES string of the molecule is CC[NH+]1CCC[C@H]1CNC(=O)c1cc(S(=O)(=O)CC)c(N)cc1OC. The van der Waals surface area contributed by atoms with Crippen LogP contribution < -0.4 is 20.7 Å². The van der Waals surface area contributed by atoms with E-state index in [0.717, 1.165) is 25.9 Å². The van der Waals surface area contributed by atoms with Gasteiger partial charge in [-0.3, -0.25) is 4.79 Å². The maximum absolute atomic E-state index is 12.6. The molecule has 0 bridgehead atoms. The van der Waals surface area contributed by atoms with Gasteiger partial charge < -0.3 is 20.7 Å². The van der Waals surface area contributed by atoms with E-state index in [4.69, 9.17) is 10.5 Å². The summed E-state index contributed by atoms with van der Waals surface area (Å²) in [5.41, 5.74) is 6.13. The number of anilines is 1. The molecule has 25 heavy (non-hydrogen) atoms. The minimum atomic E-state index is -3.52. The van der Waals surface area contributed by atoms with E-state index in [1.807, 2.05) is 0 Å². The minimum Gasteiger partial charge on any atom is -0.496 e. The van der Waals surface area contributed by atoms with Crippen molar-refractivity contribution in [2.24, 2.45) is 0 Å². The Morgan fingerprint density at radius 1 is 1.40 bits per heavy atom. The predicted octanol–water partition coefficient (Wildman–Crippen LogP) is -0.132. The second kappa shape index (κ2) is 8.05. The lowest BCUT2D eigenvalue weighted by atomic mass is 10.1. The number of nitrogens with one attached hydrogen (secondary N) is 2. The number of carbonyl (C=O) groups excluding carboxylic acids is 1. The highest BCUT2D eigenvalue weighted by Crippen LogP contribution is 2.29. The lowest BCUT2D eigenvalue weighted by Gasteiger charge is -2.20. The zero-order valence-corrected chi connectivity index (χ0v) is 15.9. The third-order valence-electron chi connectivity index (χ3n) is 4.88. The van der Waals surface area contributed by atoms with E-state index in [1.54, 1.807) is 6.92 Å². The Hall–Kier alpha value is -1.80. The summed E-state index contributed by atoms with van der Waals surface area (Å²) in [4.78, 5) is 14.1. The van der Waals surface area contributed by atoms with Crippen LogP contribution in [-0.4, -0.2) is 52.9 Å². The van der Waals surface area contributed by atoms with Crippen LogP contribution in [0.15, 0.2) is 17.0 Å². The summed E-state index contributed by atoms with van der Waals surface area (Å²) < 4.78 is 29.6. The van der Waals surface area contributed by atoms with Crippen molar-refractivity contribution in [3.8, 4) is 5.75 Å². The van der Waals surface area contributed by atoms with Gasteiger partial charge in [0.25, 0.3) is 5.91 Å². The number of amides is 1. The first-order chi connectivity index (χ1) is 11.8. The summed E-state index contributed by atoms with van der Waals surface area (Å²) in [6.07, 6.45) is 2.24. The van der Waals surface area contributed by atoms with Gasteiger partial charge in [0.1, 0.15) is 11.8 Å². The fourth-order valence-electron chi connectivity index (χ4n) is 3.35. The molecule has 7 nitrogen and oxygen atoms in total. The molecular formula is C17H28N3O4S+. The Bertz CT molecular complexity index is 734. The number of likely N-dealkylation sites (N-methyl/N-ethyl adjacent to an activating group) is 1. The highest BCUT2D eigenvalue weighted by atomic mass is 32.2. The molecule has 1 heterocycles. The quantitative estimate of drug-likeness (QED) is 0.580. The molecule has 1 aliphatic heterocycles. The van der Waals surface area contributed by atoms with E-state index in [2.05, 4.69) is 12.2 Å². The Balaban J connectivity index is 2.24. The molecule has 4 N–H and O–H groups in total. The highest BCUT2D eigenvalue weighted by Gasteiger charge is 2.28. The van der Waals surface area contributed by atoms with E-state index in [9.17, 15) is 13.2 Å². The molecule has 1 aromatic carbocycles. The minimum absolute atomic E-state index is 0.0253. The molecule has 0 spiro atoms. The number of sulfone groups is 1. The first-order valence-corrected chi connectivity index (χ1v) is 10.3. The highest BCUT2D eigenvalue weighted by molar-refractivity contribution is 7.91. The van der Waals surface area contributed by atoms with Crippen LogP contribution in [0.2, 0.25) is 0 Å². The van der Waals surface area contributed by atoms with Gasteiger partial charge in [-0.05, 0) is 13.0 Å². The van der Waals surface area contributed by atoms with Crippen LogP contribution in [0, 0.1) is 0 Å². The maximum atomic E-state index is 12.6. The van der Waals surface area contributed by atoms with E-state index in [0.29, 0.717) is 12.6 Å². The molecule has 0 radical (unpaired) electrons. The lowest BCUT2D eigenvalue weighted by Crippen LogP contribution is -3.14. The molecule has 2 atom stereocenters. The van der Waals surface area contributed by atoms with Crippen LogP contribution in [0.3, 0.4) is 0 Å². The Kier molecular flexibility index (Phi) is 6.29. The fourth-order valence-corrected chi connectivity index (χ4v) is 4.38. The number of methoxy groups -OCH3 is 1. The summed E-state index contributed by atoms with van der Waals surface area (Å²) in [6, 6.07) is 3.12. The van der Waals surface area contributed by atoms with Crippen LogP contribution in [0.4, 0.5) is 5.69 Å². The second-order valence-electron chi connectivity index (χ2n) is 6.30. The molecule has 1 saturated heterocycles. The van der Waals surface area contributed by atoms with Gasteiger partial charge in [-0.15, -0.1) is 0 Å². The Morgan fingerprint density at radius 3 is 2.72 bits per heavy atom. The number of likely N-dealkylation sites (tertiary alicyclic amines) is 1. The molecule has 1 amide bonds. The van der Waals surface area contributed by atoms with E-state index in [1.165, 1.54) is 24.1 Å².